The molecule has 2 aromatic carbocycles. The quantitative estimate of drug-likeness (QED) is 0.740. The summed E-state index contributed by atoms with van der Waals surface area (Å²) in [6, 6.07) is 14.0. The minimum Gasteiger partial charge on any atom is -0.392 e. The largest absolute Gasteiger partial charge is 0.407 e. The van der Waals surface area contributed by atoms with Crippen LogP contribution >= 0.6 is 27.7 Å². The van der Waals surface area contributed by atoms with Crippen LogP contribution in [0.3, 0.4) is 0 Å². The van der Waals surface area contributed by atoms with E-state index in [9.17, 15) is 23.4 Å². The molecule has 0 unspecified atom stereocenters. The first-order valence-electron chi connectivity index (χ1n) is 7.65. The molecule has 0 bridgehead atoms. The van der Waals surface area contributed by atoms with Gasteiger partial charge in [-0.15, -0.1) is 11.8 Å². The van der Waals surface area contributed by atoms with Gasteiger partial charge in [-0.1, -0.05) is 58.4 Å². The molecule has 134 valence electrons. The summed E-state index contributed by atoms with van der Waals surface area (Å²) in [4.78, 5) is 0. The third kappa shape index (κ3) is 3.23. The molecular weight excluding hydrogens is 417 g/mol. The first kappa shape index (κ1) is 18.8. The highest BCUT2D eigenvalue weighted by atomic mass is 79.9. The Morgan fingerprint density at radius 2 is 1.68 bits per heavy atom. The summed E-state index contributed by atoms with van der Waals surface area (Å²) < 4.78 is 41.0. The summed E-state index contributed by atoms with van der Waals surface area (Å²) in [5, 5.41) is 21.1. The lowest BCUT2D eigenvalue weighted by molar-refractivity contribution is -0.192. The van der Waals surface area contributed by atoms with Crippen molar-refractivity contribution in [1.82, 2.24) is 0 Å². The van der Waals surface area contributed by atoms with Gasteiger partial charge in [-0.05, 0) is 23.3 Å². The van der Waals surface area contributed by atoms with E-state index in [0.717, 1.165) is 4.47 Å². The second kappa shape index (κ2) is 6.95. The molecule has 0 amide bonds. The van der Waals surface area contributed by atoms with Crippen molar-refractivity contribution < 1.29 is 23.4 Å². The third-order valence-corrected chi connectivity index (χ3v) is 6.77. The number of hydrogen-bond donors (Lipinski definition) is 2. The van der Waals surface area contributed by atoms with Crippen molar-refractivity contribution >= 4 is 27.7 Å². The molecule has 0 radical (unpaired) electrons. The number of aliphatic hydroxyl groups is 2. The lowest BCUT2D eigenvalue weighted by Crippen LogP contribution is -2.48. The molecule has 3 rings (SSSR count). The first-order chi connectivity index (χ1) is 11.8. The molecule has 0 saturated carbocycles. The van der Waals surface area contributed by atoms with E-state index in [1.54, 1.807) is 30.3 Å². The van der Waals surface area contributed by atoms with Crippen LogP contribution in [0.5, 0.6) is 0 Å². The average Bonchev–Trinajstić information content (AvgIpc) is 2.94. The Morgan fingerprint density at radius 1 is 1.08 bits per heavy atom. The van der Waals surface area contributed by atoms with Crippen molar-refractivity contribution in [1.29, 1.82) is 0 Å². The van der Waals surface area contributed by atoms with Crippen molar-refractivity contribution in [3.63, 3.8) is 0 Å². The molecule has 25 heavy (non-hydrogen) atoms. The number of halogens is 4. The van der Waals surface area contributed by atoms with Crippen LogP contribution in [0.2, 0.25) is 0 Å². The molecule has 0 aromatic heterocycles. The number of benzene rings is 2. The number of rotatable bonds is 3. The van der Waals surface area contributed by atoms with Crippen LogP contribution in [0.4, 0.5) is 13.2 Å². The van der Waals surface area contributed by atoms with Crippen LogP contribution in [0.1, 0.15) is 17.2 Å². The highest BCUT2D eigenvalue weighted by Crippen LogP contribution is 2.62. The average molecular weight is 433 g/mol. The zero-order valence-corrected chi connectivity index (χ0v) is 15.4. The normalized spacial score (nSPS) is 28.1. The molecule has 0 aliphatic carbocycles. The van der Waals surface area contributed by atoms with Crippen molar-refractivity contribution in [2.24, 2.45) is 5.92 Å². The van der Waals surface area contributed by atoms with Gasteiger partial charge in [0.15, 0.2) is 0 Å². The Morgan fingerprint density at radius 3 is 2.24 bits per heavy atom. The lowest BCUT2D eigenvalue weighted by Gasteiger charge is -2.40. The summed E-state index contributed by atoms with van der Waals surface area (Å²) in [7, 11) is 0. The van der Waals surface area contributed by atoms with E-state index in [1.807, 2.05) is 0 Å². The molecule has 7 heteroatoms. The van der Waals surface area contributed by atoms with E-state index in [1.165, 1.54) is 24.3 Å². The molecule has 1 heterocycles. The van der Waals surface area contributed by atoms with Gasteiger partial charge in [0.25, 0.3) is 0 Å². The van der Waals surface area contributed by atoms with Crippen molar-refractivity contribution in [3.8, 4) is 0 Å². The van der Waals surface area contributed by atoms with Gasteiger partial charge in [0.2, 0.25) is 0 Å². The Kier molecular flexibility index (Phi) is 5.21. The predicted octanol–water partition coefficient (Wildman–Crippen LogP) is 4.66. The highest BCUT2D eigenvalue weighted by molar-refractivity contribution is 9.10. The molecule has 2 nitrogen and oxygen atoms in total. The molecule has 2 aromatic rings. The summed E-state index contributed by atoms with van der Waals surface area (Å²) in [6.07, 6.45) is -7.34. The second-order valence-electron chi connectivity index (χ2n) is 6.00. The number of alkyl halides is 3. The lowest BCUT2D eigenvalue weighted by atomic mass is 9.76. The fraction of sp³-hybridized carbons (Fsp3) is 0.333. The Balaban J connectivity index is 2.12. The van der Waals surface area contributed by atoms with Gasteiger partial charge in [-0.25, -0.2) is 0 Å². The molecule has 1 saturated heterocycles. The van der Waals surface area contributed by atoms with Crippen LogP contribution in [0, 0.1) is 5.92 Å². The minimum atomic E-state index is -4.63. The maximum atomic E-state index is 14.2. The molecule has 1 fully saturated rings. The third-order valence-electron chi connectivity index (χ3n) is 4.54. The molecule has 1 aliphatic heterocycles. The van der Waals surface area contributed by atoms with E-state index in [2.05, 4.69) is 15.9 Å². The number of thioether (sulfide) groups is 1. The van der Waals surface area contributed by atoms with Gasteiger partial charge in [-0.3, -0.25) is 0 Å². The first-order valence-corrected chi connectivity index (χ1v) is 9.43. The standard InChI is InChI=1S/C18H16BrF3O2S/c19-13-8-6-11(7-9-13)16(24)15-14(23)10-25-17(15,18(20,21)22)12-4-2-1-3-5-12/h1-9,14-16,23-24H,10H2/t14-,15+,16-,17-/m1/s1. The molecule has 2 N–H and O–H groups in total. The second-order valence-corrected chi connectivity index (χ2v) is 8.18. The SMILES string of the molecule is O[C@@H]1CS[C@@](c2ccccc2)(C(F)(F)F)[C@@H]1[C@H](O)c1ccc(Br)cc1. The summed E-state index contributed by atoms with van der Waals surface area (Å²) in [5.74, 6) is -1.49. The zero-order chi connectivity index (χ0) is 18.2. The van der Waals surface area contributed by atoms with Gasteiger partial charge in [0.1, 0.15) is 4.75 Å². The summed E-state index contributed by atoms with van der Waals surface area (Å²) >= 11 is 3.91. The maximum Gasteiger partial charge on any atom is 0.407 e. The van der Waals surface area contributed by atoms with Gasteiger partial charge in [-0.2, -0.15) is 13.2 Å². The van der Waals surface area contributed by atoms with Crippen LogP contribution in [0.25, 0.3) is 0 Å². The maximum absolute atomic E-state index is 14.2. The highest BCUT2D eigenvalue weighted by Gasteiger charge is 2.67. The van der Waals surface area contributed by atoms with Crippen LogP contribution in [-0.2, 0) is 4.75 Å². The van der Waals surface area contributed by atoms with Crippen LogP contribution < -0.4 is 0 Å². The molecule has 1 aliphatic rings. The van der Waals surface area contributed by atoms with E-state index in [-0.39, 0.29) is 11.3 Å². The molecule has 4 atom stereocenters. The van der Waals surface area contributed by atoms with Gasteiger partial charge < -0.3 is 10.2 Å². The number of hydrogen-bond acceptors (Lipinski definition) is 3. The minimum absolute atomic E-state index is 0.0465. The Hall–Kier alpha value is -1.02. The zero-order valence-electron chi connectivity index (χ0n) is 12.9. The van der Waals surface area contributed by atoms with Crippen molar-refractivity contribution in [2.45, 2.75) is 23.1 Å². The summed E-state index contributed by atoms with van der Waals surface area (Å²) in [6.45, 7) is 0. The fourth-order valence-corrected chi connectivity index (χ4v) is 5.23. The van der Waals surface area contributed by atoms with Crippen LogP contribution in [0.15, 0.2) is 59.1 Å². The van der Waals surface area contributed by atoms with E-state index < -0.39 is 29.0 Å². The topological polar surface area (TPSA) is 40.5 Å². The predicted molar refractivity (Wildman–Crippen MR) is 95.2 cm³/mol. The smallest absolute Gasteiger partial charge is 0.392 e. The Labute approximate surface area is 156 Å². The van der Waals surface area contributed by atoms with Gasteiger partial charge in [0, 0.05) is 16.1 Å². The summed E-state index contributed by atoms with van der Waals surface area (Å²) in [5.41, 5.74) is 0.393. The van der Waals surface area contributed by atoms with E-state index in [0.29, 0.717) is 17.3 Å². The van der Waals surface area contributed by atoms with E-state index in [4.69, 9.17) is 0 Å². The van der Waals surface area contributed by atoms with Crippen molar-refractivity contribution in [3.05, 3.63) is 70.2 Å². The fourth-order valence-electron chi connectivity index (χ4n) is 3.38. The van der Waals surface area contributed by atoms with Crippen LogP contribution in [-0.4, -0.2) is 28.2 Å². The molecular formula is C18H16BrF3O2S. The van der Waals surface area contributed by atoms with Gasteiger partial charge in [0.05, 0.1) is 12.2 Å². The van der Waals surface area contributed by atoms with E-state index >= 15 is 0 Å². The van der Waals surface area contributed by atoms with Gasteiger partial charge >= 0.3 is 6.18 Å². The monoisotopic (exact) mass is 432 g/mol. The van der Waals surface area contributed by atoms with Crippen molar-refractivity contribution in [2.75, 3.05) is 5.75 Å². The number of aliphatic hydroxyl groups excluding tert-OH is 2. The molecule has 0 spiro atoms. The Bertz CT molecular complexity index is 723.